The second-order valence-electron chi connectivity index (χ2n) is 3.78. The van der Waals surface area contributed by atoms with Gasteiger partial charge < -0.3 is 15.1 Å². The molecule has 5 heteroatoms. The largest absolute Gasteiger partial charge is 0.456 e. The van der Waals surface area contributed by atoms with Crippen LogP contribution in [0.2, 0.25) is 0 Å². The molecule has 0 aliphatic carbocycles. The van der Waals surface area contributed by atoms with Crippen LogP contribution in [0.25, 0.3) is 0 Å². The molecule has 0 aromatic carbocycles. The first-order valence-corrected chi connectivity index (χ1v) is 5.71. The lowest BCUT2D eigenvalue weighted by Crippen LogP contribution is -2.26. The van der Waals surface area contributed by atoms with E-state index in [1.807, 2.05) is 20.9 Å². The van der Waals surface area contributed by atoms with E-state index >= 15 is 0 Å². The lowest BCUT2D eigenvalue weighted by Gasteiger charge is -2.02. The van der Waals surface area contributed by atoms with Crippen molar-refractivity contribution in [2.45, 2.75) is 26.7 Å². The van der Waals surface area contributed by atoms with E-state index < -0.39 is 0 Å². The molecule has 1 aromatic heterocycles. The van der Waals surface area contributed by atoms with Crippen LogP contribution in [0.3, 0.4) is 0 Å². The van der Waals surface area contributed by atoms with E-state index in [1.165, 1.54) is 0 Å². The van der Waals surface area contributed by atoms with Crippen molar-refractivity contribution in [2.75, 3.05) is 20.1 Å². The Labute approximate surface area is 109 Å². The van der Waals surface area contributed by atoms with Crippen LogP contribution >= 0.6 is 12.4 Å². The van der Waals surface area contributed by atoms with E-state index in [-0.39, 0.29) is 18.3 Å². The van der Waals surface area contributed by atoms with Crippen molar-refractivity contribution < 1.29 is 9.21 Å². The minimum atomic E-state index is -0.126. The third-order valence-corrected chi connectivity index (χ3v) is 2.45. The van der Waals surface area contributed by atoms with Gasteiger partial charge in [-0.25, -0.2) is 0 Å². The van der Waals surface area contributed by atoms with Gasteiger partial charge in [-0.05, 0) is 38.6 Å². The number of rotatable bonds is 6. The van der Waals surface area contributed by atoms with Crippen LogP contribution in [-0.4, -0.2) is 26.0 Å². The van der Waals surface area contributed by atoms with Gasteiger partial charge in [-0.3, -0.25) is 4.79 Å². The Morgan fingerprint density at radius 3 is 2.65 bits per heavy atom. The van der Waals surface area contributed by atoms with Crippen molar-refractivity contribution in [2.24, 2.45) is 0 Å². The van der Waals surface area contributed by atoms with Crippen LogP contribution in [0.5, 0.6) is 0 Å². The summed E-state index contributed by atoms with van der Waals surface area (Å²) >= 11 is 0. The van der Waals surface area contributed by atoms with Crippen LogP contribution in [-0.2, 0) is 6.42 Å². The smallest absolute Gasteiger partial charge is 0.287 e. The molecule has 1 aromatic rings. The lowest BCUT2D eigenvalue weighted by molar-refractivity contribution is 0.0924. The van der Waals surface area contributed by atoms with Gasteiger partial charge in [-0.2, -0.15) is 0 Å². The highest BCUT2D eigenvalue weighted by Gasteiger charge is 2.12. The number of hydrogen-bond acceptors (Lipinski definition) is 3. The first-order chi connectivity index (χ1) is 7.69. The van der Waals surface area contributed by atoms with E-state index in [9.17, 15) is 4.79 Å². The van der Waals surface area contributed by atoms with E-state index in [0.717, 1.165) is 30.7 Å². The van der Waals surface area contributed by atoms with E-state index in [4.69, 9.17) is 4.42 Å². The number of furan rings is 1. The minimum Gasteiger partial charge on any atom is -0.456 e. The standard InChI is InChI=1S/C12H20N2O2.ClH/c1-4-10-9(2)8-11(16-10)12(15)14-7-5-6-13-3;/h8,13H,4-7H2,1-3H3,(H,14,15);1H. The van der Waals surface area contributed by atoms with Gasteiger partial charge in [0.2, 0.25) is 0 Å². The summed E-state index contributed by atoms with van der Waals surface area (Å²) in [7, 11) is 1.89. The first kappa shape index (κ1) is 16.0. The summed E-state index contributed by atoms with van der Waals surface area (Å²) < 4.78 is 5.45. The summed E-state index contributed by atoms with van der Waals surface area (Å²) in [6, 6.07) is 1.80. The van der Waals surface area contributed by atoms with Gasteiger partial charge in [-0.1, -0.05) is 6.92 Å². The molecule has 0 atom stereocenters. The normalized spacial score (nSPS) is 9.82. The van der Waals surface area contributed by atoms with Crippen molar-refractivity contribution in [3.63, 3.8) is 0 Å². The molecule has 1 heterocycles. The zero-order valence-corrected chi connectivity index (χ0v) is 11.4. The van der Waals surface area contributed by atoms with Crippen molar-refractivity contribution in [1.29, 1.82) is 0 Å². The highest BCUT2D eigenvalue weighted by Crippen LogP contribution is 2.14. The fourth-order valence-corrected chi connectivity index (χ4v) is 1.54. The van der Waals surface area contributed by atoms with Gasteiger partial charge in [0.15, 0.2) is 5.76 Å². The number of aryl methyl sites for hydroxylation is 2. The van der Waals surface area contributed by atoms with Gasteiger partial charge in [-0.15, -0.1) is 12.4 Å². The van der Waals surface area contributed by atoms with Gasteiger partial charge >= 0.3 is 0 Å². The van der Waals surface area contributed by atoms with Crippen LogP contribution in [0, 0.1) is 6.92 Å². The quantitative estimate of drug-likeness (QED) is 0.769. The fourth-order valence-electron chi connectivity index (χ4n) is 1.54. The number of halogens is 1. The molecular formula is C12H21ClN2O2. The molecule has 4 nitrogen and oxygen atoms in total. The maximum absolute atomic E-state index is 11.7. The average molecular weight is 261 g/mol. The summed E-state index contributed by atoms with van der Waals surface area (Å²) in [5.41, 5.74) is 1.04. The average Bonchev–Trinajstić information content (AvgIpc) is 2.66. The Bertz CT molecular complexity index is 350. The first-order valence-electron chi connectivity index (χ1n) is 5.71. The summed E-state index contributed by atoms with van der Waals surface area (Å²) in [4.78, 5) is 11.7. The molecule has 1 amide bonds. The number of carbonyl (C=O) groups is 1. The maximum atomic E-state index is 11.7. The summed E-state index contributed by atoms with van der Waals surface area (Å²) in [5, 5.41) is 5.85. The Morgan fingerprint density at radius 2 is 2.12 bits per heavy atom. The molecule has 0 bridgehead atoms. The Hall–Kier alpha value is -1.00. The van der Waals surface area contributed by atoms with Crippen LogP contribution < -0.4 is 10.6 Å². The van der Waals surface area contributed by atoms with Crippen LogP contribution in [0.1, 0.15) is 35.2 Å². The van der Waals surface area contributed by atoms with Crippen LogP contribution in [0.15, 0.2) is 10.5 Å². The van der Waals surface area contributed by atoms with Crippen molar-refractivity contribution in [1.82, 2.24) is 10.6 Å². The van der Waals surface area contributed by atoms with Gasteiger partial charge in [0, 0.05) is 13.0 Å². The Morgan fingerprint density at radius 1 is 1.41 bits per heavy atom. The fraction of sp³-hybridized carbons (Fsp3) is 0.583. The van der Waals surface area contributed by atoms with Crippen LogP contribution in [0.4, 0.5) is 0 Å². The molecule has 0 saturated heterocycles. The van der Waals surface area contributed by atoms with E-state index in [2.05, 4.69) is 10.6 Å². The number of nitrogens with one attached hydrogen (secondary N) is 2. The molecule has 0 aliphatic heterocycles. The summed E-state index contributed by atoms with van der Waals surface area (Å²) in [6.07, 6.45) is 1.74. The highest BCUT2D eigenvalue weighted by atomic mass is 35.5. The lowest BCUT2D eigenvalue weighted by atomic mass is 10.2. The van der Waals surface area contributed by atoms with E-state index in [1.54, 1.807) is 6.07 Å². The predicted octanol–water partition coefficient (Wildman–Crippen LogP) is 1.91. The molecule has 17 heavy (non-hydrogen) atoms. The number of hydrogen-bond donors (Lipinski definition) is 2. The molecule has 0 spiro atoms. The molecule has 0 unspecified atom stereocenters. The topological polar surface area (TPSA) is 54.3 Å². The molecule has 0 saturated carbocycles. The van der Waals surface area contributed by atoms with Crippen molar-refractivity contribution >= 4 is 18.3 Å². The number of carbonyl (C=O) groups excluding carboxylic acids is 1. The number of amides is 1. The van der Waals surface area contributed by atoms with E-state index in [0.29, 0.717) is 12.3 Å². The molecule has 98 valence electrons. The zero-order valence-electron chi connectivity index (χ0n) is 10.6. The molecule has 0 aliphatic rings. The minimum absolute atomic E-state index is 0. The van der Waals surface area contributed by atoms with Gasteiger partial charge in [0.25, 0.3) is 5.91 Å². The SMILES string of the molecule is CCc1oc(C(=O)NCCCNC)cc1C.Cl. The zero-order chi connectivity index (χ0) is 12.0. The summed E-state index contributed by atoms with van der Waals surface area (Å²) in [6.45, 7) is 5.54. The molecular weight excluding hydrogens is 240 g/mol. The van der Waals surface area contributed by atoms with Gasteiger partial charge in [0.05, 0.1) is 0 Å². The molecule has 0 radical (unpaired) electrons. The predicted molar refractivity (Wildman–Crippen MR) is 70.9 cm³/mol. The molecule has 2 N–H and O–H groups in total. The second kappa shape index (κ2) is 8.14. The third kappa shape index (κ3) is 4.79. The highest BCUT2D eigenvalue weighted by molar-refractivity contribution is 5.91. The third-order valence-electron chi connectivity index (χ3n) is 2.45. The second-order valence-corrected chi connectivity index (χ2v) is 3.78. The van der Waals surface area contributed by atoms with Gasteiger partial charge in [0.1, 0.15) is 5.76 Å². The maximum Gasteiger partial charge on any atom is 0.287 e. The van der Waals surface area contributed by atoms with Crippen molar-refractivity contribution in [3.05, 3.63) is 23.2 Å². The molecule has 1 rings (SSSR count). The summed E-state index contributed by atoms with van der Waals surface area (Å²) in [5.74, 6) is 1.18. The Kier molecular flexibility index (Phi) is 7.66. The monoisotopic (exact) mass is 260 g/mol. The molecule has 0 fully saturated rings. The van der Waals surface area contributed by atoms with Crippen molar-refractivity contribution in [3.8, 4) is 0 Å². The Balaban J connectivity index is 0.00000256.